The van der Waals surface area contributed by atoms with Crippen LogP contribution < -0.4 is 9.46 Å². The van der Waals surface area contributed by atoms with Gasteiger partial charge in [0.2, 0.25) is 10.0 Å². The molecule has 7 heteroatoms. The Morgan fingerprint density at radius 1 is 1.04 bits per heavy atom. The Balaban J connectivity index is 2.00. The number of carbonyl (C=O) groups is 1. The quantitative estimate of drug-likeness (QED) is 0.741. The van der Waals surface area contributed by atoms with Crippen LogP contribution in [0, 0.1) is 0 Å². The van der Waals surface area contributed by atoms with E-state index in [1.54, 1.807) is 43.3 Å². The van der Waals surface area contributed by atoms with Gasteiger partial charge in [0.15, 0.2) is 0 Å². The van der Waals surface area contributed by atoms with Crippen molar-refractivity contribution in [2.75, 3.05) is 23.7 Å². The second-order valence-corrected chi connectivity index (χ2v) is 6.69. The predicted octanol–water partition coefficient (Wildman–Crippen LogP) is 2.68. The lowest BCUT2D eigenvalue weighted by atomic mass is 10.2. The minimum atomic E-state index is -3.66. The highest BCUT2D eigenvalue weighted by atomic mass is 32.2. The van der Waals surface area contributed by atoms with Crippen LogP contribution >= 0.6 is 0 Å². The zero-order valence-electron chi connectivity index (χ0n) is 13.3. The van der Waals surface area contributed by atoms with Crippen LogP contribution in [0.2, 0.25) is 0 Å². The third kappa shape index (κ3) is 5.27. The number of benzene rings is 2. The second kappa shape index (κ2) is 8.35. The number of carbonyl (C=O) groups excluding carboxylic acids is 1. The predicted molar refractivity (Wildman–Crippen MR) is 91.7 cm³/mol. The highest BCUT2D eigenvalue weighted by molar-refractivity contribution is 7.92. The van der Waals surface area contributed by atoms with Gasteiger partial charge in [-0.2, -0.15) is 0 Å². The van der Waals surface area contributed by atoms with Gasteiger partial charge in [0.25, 0.3) is 0 Å². The van der Waals surface area contributed by atoms with Gasteiger partial charge >= 0.3 is 5.97 Å². The summed E-state index contributed by atoms with van der Waals surface area (Å²) in [5.41, 5.74) is 0.363. The van der Waals surface area contributed by atoms with E-state index in [-0.39, 0.29) is 30.2 Å². The molecule has 0 bridgehead atoms. The van der Waals surface area contributed by atoms with Gasteiger partial charge in [-0.1, -0.05) is 30.3 Å². The van der Waals surface area contributed by atoms with Crippen molar-refractivity contribution >= 4 is 21.7 Å². The van der Waals surface area contributed by atoms with Crippen LogP contribution in [0.1, 0.15) is 17.3 Å². The maximum absolute atomic E-state index is 12.2. The van der Waals surface area contributed by atoms with Gasteiger partial charge in [-0.3, -0.25) is 4.72 Å². The Hall–Kier alpha value is -2.54. The van der Waals surface area contributed by atoms with Crippen molar-refractivity contribution in [2.24, 2.45) is 0 Å². The maximum atomic E-state index is 12.2. The van der Waals surface area contributed by atoms with Crippen molar-refractivity contribution in [3.8, 4) is 5.75 Å². The first-order valence-corrected chi connectivity index (χ1v) is 9.11. The molecule has 0 unspecified atom stereocenters. The zero-order chi connectivity index (χ0) is 17.4. The molecule has 2 rings (SSSR count). The van der Waals surface area contributed by atoms with Gasteiger partial charge in [0.05, 0.1) is 17.9 Å². The van der Waals surface area contributed by atoms with Crippen LogP contribution in [0.25, 0.3) is 0 Å². The molecule has 0 aromatic heterocycles. The van der Waals surface area contributed by atoms with E-state index in [4.69, 9.17) is 9.47 Å². The lowest BCUT2D eigenvalue weighted by Gasteiger charge is -2.12. The molecular weight excluding hydrogens is 330 g/mol. The first kappa shape index (κ1) is 17.8. The van der Waals surface area contributed by atoms with Gasteiger partial charge < -0.3 is 9.47 Å². The topological polar surface area (TPSA) is 81.7 Å². The van der Waals surface area contributed by atoms with E-state index >= 15 is 0 Å². The normalized spacial score (nSPS) is 10.9. The Kier molecular flexibility index (Phi) is 6.20. The fourth-order valence-corrected chi connectivity index (χ4v) is 2.88. The fourth-order valence-electron chi connectivity index (χ4n) is 1.96. The Bertz CT molecular complexity index is 775. The van der Waals surface area contributed by atoms with E-state index in [9.17, 15) is 13.2 Å². The van der Waals surface area contributed by atoms with Gasteiger partial charge in [-0.05, 0) is 31.2 Å². The van der Waals surface area contributed by atoms with Gasteiger partial charge in [-0.25, -0.2) is 13.2 Å². The van der Waals surface area contributed by atoms with Crippen LogP contribution in [-0.4, -0.2) is 33.4 Å². The molecule has 24 heavy (non-hydrogen) atoms. The molecule has 0 aliphatic rings. The Morgan fingerprint density at radius 2 is 1.71 bits per heavy atom. The van der Waals surface area contributed by atoms with Crippen molar-refractivity contribution in [2.45, 2.75) is 6.92 Å². The first-order valence-electron chi connectivity index (χ1n) is 7.46. The smallest absolute Gasteiger partial charge is 0.340 e. The Labute approximate surface area is 141 Å². The molecule has 0 heterocycles. The van der Waals surface area contributed by atoms with E-state index < -0.39 is 16.0 Å². The van der Waals surface area contributed by atoms with E-state index in [1.165, 1.54) is 12.1 Å². The van der Waals surface area contributed by atoms with Crippen LogP contribution in [0.3, 0.4) is 0 Å². The van der Waals surface area contributed by atoms with Crippen molar-refractivity contribution in [3.63, 3.8) is 0 Å². The van der Waals surface area contributed by atoms with Crippen LogP contribution in [0.4, 0.5) is 5.69 Å². The molecule has 0 atom stereocenters. The molecule has 0 saturated carbocycles. The average molecular weight is 349 g/mol. The summed E-state index contributed by atoms with van der Waals surface area (Å²) in [5, 5.41) is 0. The molecule has 0 fully saturated rings. The summed E-state index contributed by atoms with van der Waals surface area (Å²) in [6.45, 7) is 1.90. The largest absolute Gasteiger partial charge is 0.492 e. The molecule has 1 N–H and O–H groups in total. The molecule has 0 amide bonds. The average Bonchev–Trinajstić information content (AvgIpc) is 2.56. The van der Waals surface area contributed by atoms with E-state index in [0.29, 0.717) is 5.75 Å². The van der Waals surface area contributed by atoms with Crippen molar-refractivity contribution in [1.82, 2.24) is 0 Å². The molecule has 0 aliphatic heterocycles. The Morgan fingerprint density at radius 3 is 2.42 bits per heavy atom. The van der Waals surface area contributed by atoms with Gasteiger partial charge in [0, 0.05) is 0 Å². The van der Waals surface area contributed by atoms with Crippen LogP contribution in [-0.2, 0) is 14.8 Å². The summed E-state index contributed by atoms with van der Waals surface area (Å²) in [7, 11) is -3.66. The van der Waals surface area contributed by atoms with Crippen molar-refractivity contribution in [3.05, 3.63) is 60.2 Å². The number of para-hydroxylation sites is 2. The second-order valence-electron chi connectivity index (χ2n) is 4.85. The highest BCUT2D eigenvalue weighted by Gasteiger charge is 2.17. The minimum absolute atomic E-state index is 0.000913. The number of esters is 1. The number of ether oxygens (including phenoxy) is 2. The van der Waals surface area contributed by atoms with Crippen molar-refractivity contribution in [1.29, 1.82) is 0 Å². The van der Waals surface area contributed by atoms with Crippen LogP contribution in [0.15, 0.2) is 54.6 Å². The summed E-state index contributed by atoms with van der Waals surface area (Å²) in [4.78, 5) is 11.9. The SMILES string of the molecule is CCOC(=O)c1ccccc1NS(=O)(=O)CCOc1ccccc1. The summed E-state index contributed by atoms with van der Waals surface area (Å²) in [6.07, 6.45) is 0. The molecule has 128 valence electrons. The third-order valence-electron chi connectivity index (χ3n) is 3.05. The van der Waals surface area contributed by atoms with Crippen molar-refractivity contribution < 1.29 is 22.7 Å². The van der Waals surface area contributed by atoms with E-state index in [0.717, 1.165) is 0 Å². The number of sulfonamides is 1. The number of hydrogen-bond donors (Lipinski definition) is 1. The van der Waals surface area contributed by atoms with E-state index in [2.05, 4.69) is 4.72 Å². The molecule has 0 aliphatic carbocycles. The standard InChI is InChI=1S/C17H19NO5S/c1-2-22-17(19)15-10-6-7-11-16(15)18-24(20,21)13-12-23-14-8-4-3-5-9-14/h3-11,18H,2,12-13H2,1H3. The summed E-state index contributed by atoms with van der Waals surface area (Å²) >= 11 is 0. The fraction of sp³-hybridized carbons (Fsp3) is 0.235. The number of anilines is 1. The summed E-state index contributed by atoms with van der Waals surface area (Å²) < 4.78 is 37.1. The molecule has 0 saturated heterocycles. The third-order valence-corrected chi connectivity index (χ3v) is 4.29. The molecule has 6 nitrogen and oxygen atoms in total. The number of nitrogens with one attached hydrogen (secondary N) is 1. The van der Waals surface area contributed by atoms with Gasteiger partial charge in [0.1, 0.15) is 18.1 Å². The van der Waals surface area contributed by atoms with E-state index in [1.807, 2.05) is 6.07 Å². The van der Waals surface area contributed by atoms with Gasteiger partial charge in [-0.15, -0.1) is 0 Å². The zero-order valence-corrected chi connectivity index (χ0v) is 14.1. The maximum Gasteiger partial charge on any atom is 0.340 e. The minimum Gasteiger partial charge on any atom is -0.492 e. The number of rotatable bonds is 8. The lowest BCUT2D eigenvalue weighted by molar-refractivity contribution is 0.0527. The summed E-state index contributed by atoms with van der Waals surface area (Å²) in [6, 6.07) is 15.3. The number of hydrogen-bond acceptors (Lipinski definition) is 5. The summed E-state index contributed by atoms with van der Waals surface area (Å²) in [5.74, 6) is -0.213. The first-order chi connectivity index (χ1) is 11.5. The molecule has 2 aromatic carbocycles. The molecule has 2 aromatic rings. The monoisotopic (exact) mass is 349 g/mol. The highest BCUT2D eigenvalue weighted by Crippen LogP contribution is 2.18. The van der Waals surface area contributed by atoms with Crippen LogP contribution in [0.5, 0.6) is 5.75 Å². The molecule has 0 spiro atoms. The lowest BCUT2D eigenvalue weighted by Crippen LogP contribution is -2.22. The molecular formula is C17H19NO5S. The molecule has 0 radical (unpaired) electrons.